The third-order valence-corrected chi connectivity index (χ3v) is 3.55. The van der Waals surface area contributed by atoms with Crippen LogP contribution in [0.3, 0.4) is 0 Å². The van der Waals surface area contributed by atoms with E-state index < -0.39 is 5.60 Å². The highest BCUT2D eigenvalue weighted by Crippen LogP contribution is 2.43. The maximum Gasteiger partial charge on any atom is 0.0963 e. The minimum absolute atomic E-state index is 0.397. The Kier molecular flexibility index (Phi) is 2.64. The first-order valence-electron chi connectivity index (χ1n) is 5.52. The van der Waals surface area contributed by atoms with Gasteiger partial charge in [-0.25, -0.2) is 0 Å². The van der Waals surface area contributed by atoms with Gasteiger partial charge in [-0.2, -0.15) is 0 Å². The number of rotatable bonds is 2. The summed E-state index contributed by atoms with van der Waals surface area (Å²) in [5, 5.41) is 10.6. The van der Waals surface area contributed by atoms with Crippen LogP contribution in [0.1, 0.15) is 44.6 Å². The van der Waals surface area contributed by atoms with Crippen molar-refractivity contribution >= 4 is 0 Å². The average molecular weight is 194 g/mol. The molecule has 1 saturated carbocycles. The van der Waals surface area contributed by atoms with Crippen LogP contribution in [0.15, 0.2) is 23.0 Å². The van der Waals surface area contributed by atoms with E-state index in [4.69, 9.17) is 4.42 Å². The molecule has 1 aliphatic carbocycles. The molecule has 0 amide bonds. The lowest BCUT2D eigenvalue weighted by Gasteiger charge is -2.39. The second kappa shape index (κ2) is 3.77. The van der Waals surface area contributed by atoms with Crippen LogP contribution in [0.2, 0.25) is 0 Å². The molecule has 0 bridgehead atoms. The van der Waals surface area contributed by atoms with Gasteiger partial charge in [-0.1, -0.05) is 26.2 Å². The summed E-state index contributed by atoms with van der Waals surface area (Å²) < 4.78 is 5.07. The minimum Gasteiger partial charge on any atom is -0.472 e. The van der Waals surface area contributed by atoms with Crippen molar-refractivity contribution in [2.75, 3.05) is 0 Å². The van der Waals surface area contributed by atoms with E-state index in [0.29, 0.717) is 5.92 Å². The summed E-state index contributed by atoms with van der Waals surface area (Å²) >= 11 is 0. The van der Waals surface area contributed by atoms with Crippen molar-refractivity contribution in [3.63, 3.8) is 0 Å². The monoisotopic (exact) mass is 194 g/mol. The molecule has 2 heteroatoms. The third-order valence-electron chi connectivity index (χ3n) is 3.55. The zero-order valence-corrected chi connectivity index (χ0v) is 8.70. The van der Waals surface area contributed by atoms with Crippen molar-refractivity contribution in [3.05, 3.63) is 24.2 Å². The Labute approximate surface area is 84.9 Å². The van der Waals surface area contributed by atoms with Crippen LogP contribution in [-0.4, -0.2) is 5.11 Å². The summed E-state index contributed by atoms with van der Waals surface area (Å²) in [6.07, 6.45) is 8.77. The largest absolute Gasteiger partial charge is 0.472 e. The van der Waals surface area contributed by atoms with E-state index in [1.165, 1.54) is 6.42 Å². The summed E-state index contributed by atoms with van der Waals surface area (Å²) in [4.78, 5) is 0. The van der Waals surface area contributed by atoms with Crippen molar-refractivity contribution in [1.82, 2.24) is 0 Å². The maximum absolute atomic E-state index is 10.6. The van der Waals surface area contributed by atoms with Gasteiger partial charge in [0.15, 0.2) is 0 Å². The van der Waals surface area contributed by atoms with Crippen LogP contribution < -0.4 is 0 Å². The first kappa shape index (κ1) is 9.78. The van der Waals surface area contributed by atoms with E-state index >= 15 is 0 Å². The van der Waals surface area contributed by atoms with Crippen LogP contribution in [0, 0.1) is 5.92 Å². The molecule has 1 aromatic heterocycles. The van der Waals surface area contributed by atoms with Gasteiger partial charge in [-0.3, -0.25) is 0 Å². The van der Waals surface area contributed by atoms with Gasteiger partial charge in [0, 0.05) is 5.56 Å². The van der Waals surface area contributed by atoms with E-state index in [1.807, 2.05) is 6.07 Å². The highest BCUT2D eigenvalue weighted by atomic mass is 16.3. The van der Waals surface area contributed by atoms with Crippen LogP contribution in [0.4, 0.5) is 0 Å². The minimum atomic E-state index is -0.625. The molecule has 2 rings (SSSR count). The fourth-order valence-electron chi connectivity index (χ4n) is 2.66. The maximum atomic E-state index is 10.6. The lowest BCUT2D eigenvalue weighted by atomic mass is 9.71. The van der Waals surface area contributed by atoms with Gasteiger partial charge >= 0.3 is 0 Å². The molecule has 0 aromatic carbocycles. The number of hydrogen-bond acceptors (Lipinski definition) is 2. The van der Waals surface area contributed by atoms with Gasteiger partial charge < -0.3 is 9.52 Å². The molecule has 2 atom stereocenters. The zero-order valence-electron chi connectivity index (χ0n) is 8.70. The second-order valence-corrected chi connectivity index (χ2v) is 4.29. The fourth-order valence-corrected chi connectivity index (χ4v) is 2.66. The molecular formula is C12H18O2. The van der Waals surface area contributed by atoms with Gasteiger partial charge in [-0.15, -0.1) is 0 Å². The summed E-state index contributed by atoms with van der Waals surface area (Å²) in [5.41, 5.74) is 0.337. The Balaban J connectivity index is 2.27. The number of aliphatic hydroxyl groups is 1. The number of hydrogen-bond donors (Lipinski definition) is 1. The van der Waals surface area contributed by atoms with Crippen molar-refractivity contribution in [2.24, 2.45) is 5.92 Å². The Morgan fingerprint density at radius 3 is 3.07 bits per heavy atom. The Morgan fingerprint density at radius 1 is 1.57 bits per heavy atom. The van der Waals surface area contributed by atoms with E-state index in [1.54, 1.807) is 12.5 Å². The summed E-state index contributed by atoms with van der Waals surface area (Å²) in [7, 11) is 0. The van der Waals surface area contributed by atoms with Crippen molar-refractivity contribution < 1.29 is 9.52 Å². The zero-order chi connectivity index (χ0) is 10.0. The van der Waals surface area contributed by atoms with Gasteiger partial charge in [-0.05, 0) is 24.8 Å². The molecule has 1 aliphatic rings. The van der Waals surface area contributed by atoms with E-state index in [-0.39, 0.29) is 0 Å². The summed E-state index contributed by atoms with van der Waals surface area (Å²) in [6, 6.07) is 1.90. The molecule has 2 unspecified atom stereocenters. The Morgan fingerprint density at radius 2 is 2.43 bits per heavy atom. The molecule has 1 heterocycles. The summed E-state index contributed by atoms with van der Waals surface area (Å²) in [5.74, 6) is 0.397. The SMILES string of the molecule is CCC1CCCCC1(O)c1ccoc1. The quantitative estimate of drug-likeness (QED) is 0.785. The fraction of sp³-hybridized carbons (Fsp3) is 0.667. The van der Waals surface area contributed by atoms with Crippen LogP contribution in [-0.2, 0) is 5.60 Å². The van der Waals surface area contributed by atoms with E-state index in [2.05, 4.69) is 6.92 Å². The van der Waals surface area contributed by atoms with Crippen LogP contribution in [0.25, 0.3) is 0 Å². The molecule has 0 aliphatic heterocycles. The molecule has 0 saturated heterocycles. The Hall–Kier alpha value is -0.760. The lowest BCUT2D eigenvalue weighted by molar-refractivity contribution is -0.0561. The van der Waals surface area contributed by atoms with Crippen LogP contribution >= 0.6 is 0 Å². The normalized spacial score (nSPS) is 33.1. The molecule has 1 N–H and O–H groups in total. The standard InChI is InChI=1S/C12H18O2/c1-2-10-5-3-4-7-12(10,13)11-6-8-14-9-11/h6,8-10,13H,2-5,7H2,1H3. The second-order valence-electron chi connectivity index (χ2n) is 4.29. The lowest BCUT2D eigenvalue weighted by Crippen LogP contribution is -2.37. The van der Waals surface area contributed by atoms with Crippen molar-refractivity contribution in [1.29, 1.82) is 0 Å². The molecule has 0 radical (unpaired) electrons. The summed E-state index contributed by atoms with van der Waals surface area (Å²) in [6.45, 7) is 2.15. The molecule has 78 valence electrons. The third kappa shape index (κ3) is 1.48. The first-order valence-corrected chi connectivity index (χ1v) is 5.52. The number of furan rings is 1. The van der Waals surface area contributed by atoms with Gasteiger partial charge in [0.2, 0.25) is 0 Å². The van der Waals surface area contributed by atoms with E-state index in [0.717, 1.165) is 31.2 Å². The first-order chi connectivity index (χ1) is 6.77. The molecule has 1 fully saturated rings. The highest BCUT2D eigenvalue weighted by molar-refractivity contribution is 5.18. The van der Waals surface area contributed by atoms with Crippen LogP contribution in [0.5, 0.6) is 0 Å². The Bertz CT molecular complexity index is 279. The molecular weight excluding hydrogens is 176 g/mol. The van der Waals surface area contributed by atoms with Crippen molar-refractivity contribution in [2.45, 2.75) is 44.6 Å². The van der Waals surface area contributed by atoms with E-state index in [9.17, 15) is 5.11 Å². The molecule has 2 nitrogen and oxygen atoms in total. The average Bonchev–Trinajstić information content (AvgIpc) is 2.72. The predicted molar refractivity (Wildman–Crippen MR) is 54.9 cm³/mol. The molecule has 14 heavy (non-hydrogen) atoms. The van der Waals surface area contributed by atoms with Gasteiger partial charge in [0.05, 0.1) is 18.1 Å². The smallest absolute Gasteiger partial charge is 0.0963 e. The topological polar surface area (TPSA) is 33.4 Å². The van der Waals surface area contributed by atoms with Gasteiger partial charge in [0.25, 0.3) is 0 Å². The van der Waals surface area contributed by atoms with Gasteiger partial charge in [0.1, 0.15) is 0 Å². The molecule has 1 aromatic rings. The van der Waals surface area contributed by atoms with Crippen molar-refractivity contribution in [3.8, 4) is 0 Å². The predicted octanol–water partition coefficient (Wildman–Crippen LogP) is 3.07. The molecule has 0 spiro atoms. The highest BCUT2D eigenvalue weighted by Gasteiger charge is 2.39.